The molecule has 0 saturated carbocycles. The molecule has 1 aliphatic heterocycles. The van der Waals surface area contributed by atoms with Crippen molar-refractivity contribution in [2.24, 2.45) is 10.7 Å². The molecule has 48 heavy (non-hydrogen) atoms. The standard InChI is InChI=1S/C36H36F2N8O2/c1-21(2)46-20-30(34(47)33(32(46)17-40)22-4-6-25(37)7-5-22)36(48)44-27-8-9-28(31(38)15-27)29-14-23(18-43-35(29)41)24(16-39)19-42-26-10-12-45(3)13-11-26/h4-9,14-16,18-21,26H,10-13,39H2,1-3H3,(H2,41,43)(H,44,48). The van der Waals surface area contributed by atoms with Gasteiger partial charge in [-0.15, -0.1) is 0 Å². The lowest BCUT2D eigenvalue weighted by molar-refractivity contribution is 0.102. The summed E-state index contributed by atoms with van der Waals surface area (Å²) in [5.41, 5.74) is 13.1. The van der Waals surface area contributed by atoms with Crippen molar-refractivity contribution in [2.75, 3.05) is 31.2 Å². The van der Waals surface area contributed by atoms with Crippen molar-refractivity contribution < 1.29 is 13.6 Å². The Balaban J connectivity index is 1.43. The number of aliphatic imine (C=N–C) groups is 1. The number of carbonyl (C=O) groups is 1. The molecule has 3 heterocycles. The number of pyridine rings is 2. The number of likely N-dealkylation sites (tertiary alicyclic amines) is 1. The Labute approximate surface area is 277 Å². The van der Waals surface area contributed by atoms with Gasteiger partial charge in [0.15, 0.2) is 0 Å². The SMILES string of the molecule is CC(C)n1cc(C(=O)Nc2ccc(-c3cc(C(C=NC4CCN(C)CC4)=CN)cnc3N)c(F)c2)c(=O)c(-c2ccc(F)cc2)c1C#N. The van der Waals surface area contributed by atoms with Crippen molar-refractivity contribution in [3.05, 3.63) is 106 Å². The van der Waals surface area contributed by atoms with Crippen molar-refractivity contribution in [2.45, 2.75) is 38.8 Å². The largest absolute Gasteiger partial charge is 0.404 e. The number of piperidine rings is 1. The van der Waals surface area contributed by atoms with Gasteiger partial charge in [0.25, 0.3) is 5.91 Å². The van der Waals surface area contributed by atoms with E-state index in [-0.39, 0.29) is 51.5 Å². The van der Waals surface area contributed by atoms with Crippen LogP contribution in [0.25, 0.3) is 27.8 Å². The molecule has 5 N–H and O–H groups in total. The normalized spacial score (nSPS) is 14.4. The third-order valence-electron chi connectivity index (χ3n) is 8.34. The third kappa shape index (κ3) is 7.16. The number of allylic oxidation sites excluding steroid dienone is 1. The van der Waals surface area contributed by atoms with Gasteiger partial charge in [0.2, 0.25) is 5.43 Å². The number of hydrogen-bond acceptors (Lipinski definition) is 8. The molecule has 0 aliphatic carbocycles. The van der Waals surface area contributed by atoms with E-state index >= 15 is 4.39 Å². The van der Waals surface area contributed by atoms with Crippen molar-refractivity contribution in [3.63, 3.8) is 0 Å². The summed E-state index contributed by atoms with van der Waals surface area (Å²) in [6, 6.07) is 12.7. The lowest BCUT2D eigenvalue weighted by atomic mass is 9.99. The summed E-state index contributed by atoms with van der Waals surface area (Å²) in [6.45, 7) is 5.51. The number of nitrogens with two attached hydrogens (primary N) is 2. The molecule has 12 heteroatoms. The quantitative estimate of drug-likeness (QED) is 0.210. The van der Waals surface area contributed by atoms with Crippen molar-refractivity contribution in [1.29, 1.82) is 5.26 Å². The number of benzene rings is 2. The number of halogens is 2. The zero-order valence-electron chi connectivity index (χ0n) is 26.9. The molecule has 1 amide bonds. The Morgan fingerprint density at radius 2 is 1.83 bits per heavy atom. The highest BCUT2D eigenvalue weighted by atomic mass is 19.1. The van der Waals surface area contributed by atoms with Crippen LogP contribution in [0.4, 0.5) is 20.3 Å². The number of nitrogen functional groups attached to an aromatic ring is 1. The van der Waals surface area contributed by atoms with Crippen LogP contribution >= 0.6 is 0 Å². The van der Waals surface area contributed by atoms with Crippen LogP contribution in [0.15, 0.2) is 76.9 Å². The molecule has 0 atom stereocenters. The zero-order chi connectivity index (χ0) is 34.5. The number of hydrogen-bond donors (Lipinski definition) is 3. The van der Waals surface area contributed by atoms with Gasteiger partial charge in [-0.2, -0.15) is 5.26 Å². The van der Waals surface area contributed by atoms with Crippen LogP contribution in [0.1, 0.15) is 54.3 Å². The summed E-state index contributed by atoms with van der Waals surface area (Å²) in [5.74, 6) is -1.92. The summed E-state index contributed by atoms with van der Waals surface area (Å²) in [7, 11) is 2.08. The van der Waals surface area contributed by atoms with Gasteiger partial charge in [-0.3, -0.25) is 14.6 Å². The van der Waals surface area contributed by atoms with E-state index < -0.39 is 23.0 Å². The molecule has 5 rings (SSSR count). The fourth-order valence-electron chi connectivity index (χ4n) is 5.60. The van der Waals surface area contributed by atoms with Crippen LogP contribution in [0.5, 0.6) is 0 Å². The minimum absolute atomic E-state index is 0.0303. The predicted molar refractivity (Wildman–Crippen MR) is 184 cm³/mol. The van der Waals surface area contributed by atoms with E-state index in [1.54, 1.807) is 32.3 Å². The summed E-state index contributed by atoms with van der Waals surface area (Å²) in [5, 5.41) is 12.5. The van der Waals surface area contributed by atoms with Gasteiger partial charge in [-0.05, 0) is 88.8 Å². The van der Waals surface area contributed by atoms with Crippen LogP contribution in [-0.2, 0) is 0 Å². The Kier molecular flexibility index (Phi) is 10.1. The molecule has 1 aliphatic rings. The maximum atomic E-state index is 15.6. The first-order valence-corrected chi connectivity index (χ1v) is 15.5. The smallest absolute Gasteiger partial charge is 0.261 e. The van der Waals surface area contributed by atoms with Gasteiger partial charge in [0.05, 0.1) is 11.6 Å². The topological polar surface area (TPSA) is 155 Å². The van der Waals surface area contributed by atoms with Gasteiger partial charge in [0.1, 0.15) is 34.8 Å². The molecule has 0 spiro atoms. The average molecular weight is 651 g/mol. The third-order valence-corrected chi connectivity index (χ3v) is 8.34. The van der Waals surface area contributed by atoms with Crippen molar-refractivity contribution in [1.82, 2.24) is 14.5 Å². The molecular formula is C36H36F2N8O2. The summed E-state index contributed by atoms with van der Waals surface area (Å²) in [4.78, 5) is 38.3. The molecule has 0 unspecified atom stereocenters. The first kappa shape index (κ1) is 33.7. The van der Waals surface area contributed by atoms with E-state index in [2.05, 4.69) is 22.2 Å². The van der Waals surface area contributed by atoms with E-state index in [1.165, 1.54) is 53.4 Å². The molecule has 4 aromatic rings. The Bertz CT molecular complexity index is 2000. The van der Waals surface area contributed by atoms with Gasteiger partial charge < -0.3 is 26.3 Å². The predicted octanol–water partition coefficient (Wildman–Crippen LogP) is 5.61. The van der Waals surface area contributed by atoms with E-state index in [0.29, 0.717) is 16.7 Å². The van der Waals surface area contributed by atoms with Crippen LogP contribution in [0.2, 0.25) is 0 Å². The fourth-order valence-corrected chi connectivity index (χ4v) is 5.60. The highest BCUT2D eigenvalue weighted by Gasteiger charge is 2.23. The second-order valence-corrected chi connectivity index (χ2v) is 12.0. The molecule has 1 saturated heterocycles. The number of anilines is 2. The van der Waals surface area contributed by atoms with Gasteiger partial charge in [0, 0.05) is 58.8 Å². The first-order valence-electron chi connectivity index (χ1n) is 15.5. The summed E-state index contributed by atoms with van der Waals surface area (Å²) < 4.78 is 30.8. The lowest BCUT2D eigenvalue weighted by Crippen LogP contribution is -2.32. The molecule has 1 fully saturated rings. The summed E-state index contributed by atoms with van der Waals surface area (Å²) in [6.07, 6.45) is 7.86. The Morgan fingerprint density at radius 1 is 1.12 bits per heavy atom. The van der Waals surface area contributed by atoms with Crippen LogP contribution in [-0.4, -0.2) is 52.8 Å². The van der Waals surface area contributed by atoms with Gasteiger partial charge in [-0.1, -0.05) is 12.1 Å². The minimum Gasteiger partial charge on any atom is -0.404 e. The maximum absolute atomic E-state index is 15.6. The number of rotatable bonds is 8. The average Bonchev–Trinajstić information content (AvgIpc) is 3.06. The molecule has 0 bridgehead atoms. The molecule has 10 nitrogen and oxygen atoms in total. The number of carbonyl (C=O) groups excluding carboxylic acids is 1. The molecule has 246 valence electrons. The molecule has 2 aromatic carbocycles. The van der Waals surface area contributed by atoms with Crippen LogP contribution in [0, 0.1) is 23.0 Å². The Morgan fingerprint density at radius 3 is 2.46 bits per heavy atom. The molecule has 0 radical (unpaired) electrons. The fraction of sp³-hybridized carbons (Fsp3) is 0.250. The maximum Gasteiger partial charge on any atom is 0.261 e. The van der Waals surface area contributed by atoms with E-state index in [9.17, 15) is 19.2 Å². The van der Waals surface area contributed by atoms with Crippen LogP contribution < -0.4 is 22.2 Å². The lowest BCUT2D eigenvalue weighted by Gasteiger charge is -2.26. The van der Waals surface area contributed by atoms with E-state index in [4.69, 9.17) is 16.5 Å². The second-order valence-electron chi connectivity index (χ2n) is 12.0. The number of nitriles is 1. The monoisotopic (exact) mass is 650 g/mol. The molecule has 2 aromatic heterocycles. The highest BCUT2D eigenvalue weighted by molar-refractivity contribution is 6.10. The zero-order valence-corrected chi connectivity index (χ0v) is 26.9. The van der Waals surface area contributed by atoms with E-state index in [1.807, 2.05) is 6.07 Å². The number of nitrogens with zero attached hydrogens (tertiary/aromatic N) is 5. The van der Waals surface area contributed by atoms with Crippen molar-refractivity contribution in [3.8, 4) is 28.3 Å². The van der Waals surface area contributed by atoms with E-state index in [0.717, 1.165) is 32.0 Å². The minimum atomic E-state index is -0.806. The number of aromatic nitrogens is 2. The van der Waals surface area contributed by atoms with Gasteiger partial charge in [-0.25, -0.2) is 13.8 Å². The number of amides is 1. The Hall–Kier alpha value is -5.67. The van der Waals surface area contributed by atoms with Gasteiger partial charge >= 0.3 is 0 Å². The highest BCUT2D eigenvalue weighted by Crippen LogP contribution is 2.31. The van der Waals surface area contributed by atoms with Crippen molar-refractivity contribution >= 4 is 29.2 Å². The summed E-state index contributed by atoms with van der Waals surface area (Å²) >= 11 is 0. The molecular weight excluding hydrogens is 614 g/mol. The second kappa shape index (κ2) is 14.4. The van der Waals surface area contributed by atoms with Crippen LogP contribution in [0.3, 0.4) is 0 Å². The first-order chi connectivity index (χ1) is 23.0. The number of nitrogens with one attached hydrogen (secondary N) is 1.